The van der Waals surface area contributed by atoms with Crippen molar-refractivity contribution in [3.05, 3.63) is 0 Å². The van der Waals surface area contributed by atoms with Crippen LogP contribution in [-0.2, 0) is 21.7 Å². The number of thiol groups is 2. The van der Waals surface area contributed by atoms with E-state index in [1.165, 1.54) is 64.2 Å². The Morgan fingerprint density at radius 1 is 0.474 bits per heavy atom. The normalized spacial score (nSPS) is 18.6. The summed E-state index contributed by atoms with van der Waals surface area (Å²) >= 11 is 8.72. The molecule has 0 nitrogen and oxygen atoms in total. The second kappa shape index (κ2) is 22.8. The van der Waals surface area contributed by atoms with Crippen LogP contribution >= 0.6 is 25.3 Å². The molecule has 0 saturated heterocycles. The molecule has 2 fully saturated rings. The Balaban J connectivity index is -0.0000000544. The minimum absolute atomic E-state index is 0. The van der Waals surface area contributed by atoms with Gasteiger partial charge in [-0.3, -0.25) is 0 Å². The average molecular weight is 422 g/mol. The minimum atomic E-state index is 0. The molecule has 116 valence electrons. The van der Waals surface area contributed by atoms with E-state index in [-0.39, 0.29) is 71.3 Å². The Morgan fingerprint density at radius 2 is 0.684 bits per heavy atom. The van der Waals surface area contributed by atoms with E-state index in [2.05, 4.69) is 25.3 Å². The van der Waals surface area contributed by atoms with Gasteiger partial charge in [0.15, 0.2) is 0 Å². The van der Waals surface area contributed by atoms with Gasteiger partial charge in [0.2, 0.25) is 0 Å². The Morgan fingerprint density at radius 3 is 0.789 bits per heavy atom. The van der Waals surface area contributed by atoms with Gasteiger partial charge in [-0.1, -0.05) is 38.5 Å². The zero-order valence-corrected chi connectivity index (χ0v) is 17.5. The number of rotatable bonds is 0. The molecule has 0 amide bonds. The summed E-state index contributed by atoms with van der Waals surface area (Å²) in [6, 6.07) is 0. The second-order valence-corrected chi connectivity index (χ2v) is 6.04. The van der Waals surface area contributed by atoms with Crippen molar-refractivity contribution >= 4 is 25.3 Å². The van der Waals surface area contributed by atoms with E-state index in [1.54, 1.807) is 0 Å². The molecule has 0 unspecified atom stereocenters. The van der Waals surface area contributed by atoms with E-state index in [0.717, 1.165) is 10.5 Å². The predicted octanol–water partition coefficient (Wildman–Crippen LogP) is -7.49. The quantitative estimate of drug-likeness (QED) is 0.282. The zero-order chi connectivity index (χ0) is 10.2. The van der Waals surface area contributed by atoms with Crippen LogP contribution in [0.5, 0.6) is 0 Å². The Hall–Kier alpha value is 2.57. The summed E-state index contributed by atoms with van der Waals surface area (Å²) in [7, 11) is 0. The number of hydrogen-bond donors (Lipinski definition) is 2. The predicted molar refractivity (Wildman–Crippen MR) is 71.7 cm³/mol. The molecule has 0 aromatic heterocycles. The third-order valence-corrected chi connectivity index (χ3v) is 4.18. The van der Waals surface area contributed by atoms with Gasteiger partial charge in [0.25, 0.3) is 0 Å². The van der Waals surface area contributed by atoms with Crippen molar-refractivity contribution in [2.24, 2.45) is 0 Å². The first-order chi connectivity index (χ1) is 6.79. The second-order valence-electron chi connectivity index (χ2n) is 4.58. The van der Waals surface area contributed by atoms with Gasteiger partial charge in [-0.05, 0) is 25.7 Å². The van der Waals surface area contributed by atoms with Crippen LogP contribution in [0, 0.1) is 0 Å². The molecule has 0 aliphatic heterocycles. The number of halogens is 4. The molecule has 2 saturated carbocycles. The summed E-state index contributed by atoms with van der Waals surface area (Å²) in [5.41, 5.74) is 0. The van der Waals surface area contributed by atoms with Crippen LogP contribution in [-0.4, -0.2) is 10.5 Å². The molecule has 0 atom stereocenters. The summed E-state index contributed by atoms with van der Waals surface area (Å²) in [5, 5.41) is 1.46. The van der Waals surface area contributed by atoms with Gasteiger partial charge < -0.3 is 49.6 Å². The monoisotopic (exact) mass is 420 g/mol. The summed E-state index contributed by atoms with van der Waals surface area (Å²) < 4.78 is 0. The molecule has 0 aromatic carbocycles. The third kappa shape index (κ3) is 20.6. The molecule has 0 spiro atoms. The standard InChI is InChI=1S/2C6H12S.4ClH.Ti/c2*7-6-4-2-1-3-5-6;;;;;/h2*6-7H,1-5H2;4*1H;/q;;;;;;+4/p-4. The van der Waals surface area contributed by atoms with Crippen LogP contribution in [0.25, 0.3) is 0 Å². The van der Waals surface area contributed by atoms with Crippen LogP contribution in [0.1, 0.15) is 64.2 Å². The molecule has 0 radical (unpaired) electrons. The van der Waals surface area contributed by atoms with Gasteiger partial charge in [-0.25, -0.2) is 0 Å². The maximum Gasteiger partial charge on any atom is 4.00 e. The largest absolute Gasteiger partial charge is 4.00 e. The van der Waals surface area contributed by atoms with Gasteiger partial charge in [0, 0.05) is 10.5 Å². The summed E-state index contributed by atoms with van der Waals surface area (Å²) in [6.07, 6.45) is 13.9. The molecule has 2 aliphatic carbocycles. The van der Waals surface area contributed by atoms with Crippen LogP contribution in [0.15, 0.2) is 0 Å². The molecule has 7 heteroatoms. The van der Waals surface area contributed by atoms with E-state index < -0.39 is 0 Å². The first kappa shape index (κ1) is 33.2. The third-order valence-electron chi connectivity index (χ3n) is 3.15. The zero-order valence-electron chi connectivity index (χ0n) is 11.1. The van der Waals surface area contributed by atoms with Crippen molar-refractivity contribution < 1.29 is 71.3 Å². The molecule has 0 heterocycles. The molecule has 19 heavy (non-hydrogen) atoms. The fourth-order valence-electron chi connectivity index (χ4n) is 2.16. The molecule has 2 aliphatic rings. The van der Waals surface area contributed by atoms with Crippen molar-refractivity contribution in [2.45, 2.75) is 74.7 Å². The average Bonchev–Trinajstić information content (AvgIpc) is 2.21. The van der Waals surface area contributed by atoms with E-state index in [4.69, 9.17) is 0 Å². The van der Waals surface area contributed by atoms with Gasteiger partial charge >= 0.3 is 21.7 Å². The molecule has 0 aromatic rings. The smallest absolute Gasteiger partial charge is 1.00 e. The first-order valence-corrected chi connectivity index (χ1v) is 7.18. The van der Waals surface area contributed by atoms with E-state index in [0.29, 0.717) is 0 Å². The van der Waals surface area contributed by atoms with E-state index in [9.17, 15) is 0 Å². The van der Waals surface area contributed by atoms with Crippen molar-refractivity contribution in [1.82, 2.24) is 0 Å². The van der Waals surface area contributed by atoms with Crippen molar-refractivity contribution in [1.29, 1.82) is 0 Å². The Bertz CT molecular complexity index is 128. The molecule has 0 N–H and O–H groups in total. The summed E-state index contributed by atoms with van der Waals surface area (Å²) in [4.78, 5) is 0. The maximum absolute atomic E-state index is 4.36. The number of hydrogen-bond acceptors (Lipinski definition) is 2. The fourth-order valence-corrected chi connectivity index (χ4v) is 2.89. The van der Waals surface area contributed by atoms with Crippen LogP contribution in [0.2, 0.25) is 0 Å². The van der Waals surface area contributed by atoms with Gasteiger partial charge in [0.1, 0.15) is 0 Å². The van der Waals surface area contributed by atoms with Crippen LogP contribution in [0.4, 0.5) is 0 Å². The Kier molecular flexibility index (Phi) is 40.0. The van der Waals surface area contributed by atoms with Crippen molar-refractivity contribution in [2.75, 3.05) is 0 Å². The topological polar surface area (TPSA) is 0 Å². The first-order valence-electron chi connectivity index (χ1n) is 6.15. The van der Waals surface area contributed by atoms with Crippen LogP contribution < -0.4 is 49.6 Å². The molecular weight excluding hydrogens is 398 g/mol. The molecule has 0 bridgehead atoms. The molecular formula is C12H24Cl4S2Ti. The van der Waals surface area contributed by atoms with Gasteiger partial charge in [0.05, 0.1) is 0 Å². The minimum Gasteiger partial charge on any atom is -1.00 e. The van der Waals surface area contributed by atoms with E-state index in [1.807, 2.05) is 0 Å². The maximum atomic E-state index is 4.36. The van der Waals surface area contributed by atoms with Gasteiger partial charge in [-0.15, -0.1) is 0 Å². The van der Waals surface area contributed by atoms with Crippen molar-refractivity contribution in [3.63, 3.8) is 0 Å². The van der Waals surface area contributed by atoms with Gasteiger partial charge in [-0.2, -0.15) is 25.3 Å². The Labute approximate surface area is 170 Å². The molecule has 2 rings (SSSR count). The van der Waals surface area contributed by atoms with E-state index >= 15 is 0 Å². The summed E-state index contributed by atoms with van der Waals surface area (Å²) in [5.74, 6) is 0. The van der Waals surface area contributed by atoms with Crippen molar-refractivity contribution in [3.8, 4) is 0 Å². The fraction of sp³-hybridized carbons (Fsp3) is 1.00. The van der Waals surface area contributed by atoms with Crippen LogP contribution in [0.3, 0.4) is 0 Å². The summed E-state index contributed by atoms with van der Waals surface area (Å²) in [6.45, 7) is 0. The SMILES string of the molecule is SC1CCCCC1.SC1CCCCC1.[Cl-].[Cl-].[Cl-].[Cl-].[Ti+4].